The molecule has 0 bridgehead atoms. The van der Waals surface area contributed by atoms with Crippen LogP contribution in [0.4, 0.5) is 5.69 Å². The van der Waals surface area contributed by atoms with Gasteiger partial charge in [0.25, 0.3) is 5.91 Å². The van der Waals surface area contributed by atoms with E-state index in [0.717, 1.165) is 32.5 Å². The van der Waals surface area contributed by atoms with Crippen molar-refractivity contribution in [3.8, 4) is 17.0 Å². The number of halogens is 1. The number of rotatable bonds is 6. The van der Waals surface area contributed by atoms with Crippen LogP contribution in [-0.4, -0.2) is 50.5 Å². The molecule has 4 heterocycles. The third-order valence-corrected chi connectivity index (χ3v) is 5.91. The summed E-state index contributed by atoms with van der Waals surface area (Å²) in [5, 5.41) is 15.7. The number of aromatic nitrogens is 5. The molecule has 9 nitrogen and oxygen atoms in total. The molecule has 0 spiro atoms. The van der Waals surface area contributed by atoms with Crippen molar-refractivity contribution in [3.05, 3.63) is 59.6 Å². The van der Waals surface area contributed by atoms with Gasteiger partial charge >= 0.3 is 0 Å². The molecule has 1 aliphatic rings. The minimum Gasteiger partial charge on any atom is -0.488 e. The molecule has 1 aliphatic heterocycles. The molecule has 5 rings (SSSR count). The maximum Gasteiger partial charge on any atom is 0.261 e. The SMILES string of the molecule is COc1c#cc(Cl)cc1-c1nn(CC2CCNCC2)cc1NC(=O)c1cnn2cccnc12. The van der Waals surface area contributed by atoms with E-state index in [0.29, 0.717) is 44.8 Å². The number of fused-ring (bicyclic) bond motifs is 1. The van der Waals surface area contributed by atoms with Crippen molar-refractivity contribution < 1.29 is 9.53 Å². The lowest BCUT2D eigenvalue weighted by Gasteiger charge is -2.22. The summed E-state index contributed by atoms with van der Waals surface area (Å²) >= 11 is 6.20. The predicted octanol–water partition coefficient (Wildman–Crippen LogP) is 3.11. The zero-order chi connectivity index (χ0) is 22.8. The van der Waals surface area contributed by atoms with Gasteiger partial charge in [-0.1, -0.05) is 11.6 Å². The summed E-state index contributed by atoms with van der Waals surface area (Å²) in [6.45, 7) is 2.75. The maximum atomic E-state index is 13.2. The molecule has 1 fully saturated rings. The number of hydrogen-bond donors (Lipinski definition) is 2. The first-order valence-corrected chi connectivity index (χ1v) is 11.1. The minimum absolute atomic E-state index is 0.331. The number of carbonyl (C=O) groups is 1. The van der Waals surface area contributed by atoms with E-state index in [9.17, 15) is 4.79 Å². The average molecular weight is 464 g/mol. The van der Waals surface area contributed by atoms with Crippen molar-refractivity contribution in [2.24, 2.45) is 5.92 Å². The summed E-state index contributed by atoms with van der Waals surface area (Å²) in [4.78, 5) is 17.4. The first-order valence-electron chi connectivity index (χ1n) is 10.7. The highest BCUT2D eigenvalue weighted by Crippen LogP contribution is 2.35. The lowest BCUT2D eigenvalue weighted by Crippen LogP contribution is -2.30. The lowest BCUT2D eigenvalue weighted by molar-refractivity contribution is 0.102. The van der Waals surface area contributed by atoms with Crippen molar-refractivity contribution in [1.82, 2.24) is 29.7 Å². The number of hydrogen-bond acceptors (Lipinski definition) is 6. The Morgan fingerprint density at radius 3 is 3.03 bits per heavy atom. The second kappa shape index (κ2) is 9.10. The van der Waals surface area contributed by atoms with Gasteiger partial charge in [-0.3, -0.25) is 9.48 Å². The zero-order valence-electron chi connectivity index (χ0n) is 18.0. The Labute approximate surface area is 195 Å². The fraction of sp³-hybridized carbons (Fsp3) is 0.304. The van der Waals surface area contributed by atoms with Crippen LogP contribution in [-0.2, 0) is 6.54 Å². The Balaban J connectivity index is 1.52. The first-order chi connectivity index (χ1) is 16.1. The topological polar surface area (TPSA) is 98.4 Å². The lowest BCUT2D eigenvalue weighted by atomic mass is 9.98. The largest absolute Gasteiger partial charge is 0.488 e. The predicted molar refractivity (Wildman–Crippen MR) is 123 cm³/mol. The molecule has 1 aromatic carbocycles. The van der Waals surface area contributed by atoms with Crippen molar-refractivity contribution in [2.75, 3.05) is 25.5 Å². The molecular formula is C23H22ClN7O2. The summed E-state index contributed by atoms with van der Waals surface area (Å²) < 4.78 is 8.90. The molecule has 3 aromatic heterocycles. The van der Waals surface area contributed by atoms with Crippen LogP contribution in [0.3, 0.4) is 0 Å². The highest BCUT2D eigenvalue weighted by molar-refractivity contribution is 6.30. The van der Waals surface area contributed by atoms with E-state index in [2.05, 4.69) is 32.8 Å². The van der Waals surface area contributed by atoms with Crippen LogP contribution in [0.1, 0.15) is 23.2 Å². The smallest absolute Gasteiger partial charge is 0.261 e. The summed E-state index contributed by atoms with van der Waals surface area (Å²) in [5.74, 6) is 0.620. The van der Waals surface area contributed by atoms with Crippen LogP contribution < -0.4 is 15.4 Å². The van der Waals surface area contributed by atoms with Gasteiger partial charge < -0.3 is 15.4 Å². The van der Waals surface area contributed by atoms with E-state index in [1.165, 1.54) is 6.20 Å². The van der Waals surface area contributed by atoms with E-state index in [-0.39, 0.29) is 5.91 Å². The molecule has 0 saturated carbocycles. The summed E-state index contributed by atoms with van der Waals surface area (Å²) in [5.41, 5.74) is 2.55. The summed E-state index contributed by atoms with van der Waals surface area (Å²) in [6, 6.07) is 9.17. The van der Waals surface area contributed by atoms with Crippen molar-refractivity contribution in [3.63, 3.8) is 0 Å². The molecule has 0 radical (unpaired) electrons. The Bertz CT molecular complexity index is 1290. The molecule has 1 saturated heterocycles. The van der Waals surface area contributed by atoms with E-state index < -0.39 is 0 Å². The molecule has 4 aromatic rings. The summed E-state index contributed by atoms with van der Waals surface area (Å²) in [6.07, 6.45) is 8.87. The molecule has 0 aliphatic carbocycles. The first kappa shape index (κ1) is 21.2. The van der Waals surface area contributed by atoms with Gasteiger partial charge in [0.15, 0.2) is 11.4 Å². The second-order valence-electron chi connectivity index (χ2n) is 7.90. The van der Waals surface area contributed by atoms with Crippen LogP contribution in [0.2, 0.25) is 5.02 Å². The van der Waals surface area contributed by atoms with Gasteiger partial charge in [-0.2, -0.15) is 10.2 Å². The fourth-order valence-electron chi connectivity index (χ4n) is 4.06. The second-order valence-corrected chi connectivity index (χ2v) is 8.30. The van der Waals surface area contributed by atoms with Crippen molar-refractivity contribution >= 4 is 28.8 Å². The number of carbonyl (C=O) groups excluding carboxylic acids is 1. The molecule has 0 unspecified atom stereocenters. The molecule has 33 heavy (non-hydrogen) atoms. The number of amides is 1. The van der Waals surface area contributed by atoms with E-state index in [1.54, 1.807) is 36.2 Å². The van der Waals surface area contributed by atoms with Crippen LogP contribution >= 0.6 is 11.6 Å². The van der Waals surface area contributed by atoms with Crippen molar-refractivity contribution in [1.29, 1.82) is 0 Å². The van der Waals surface area contributed by atoms with Crippen molar-refractivity contribution in [2.45, 2.75) is 19.4 Å². The molecule has 10 heteroatoms. The van der Waals surface area contributed by atoms with Gasteiger partial charge in [0.2, 0.25) is 0 Å². The molecule has 1 amide bonds. The quantitative estimate of drug-likeness (QED) is 0.456. The van der Waals surface area contributed by atoms with Gasteiger partial charge in [0.05, 0.1) is 29.6 Å². The third-order valence-electron chi connectivity index (χ3n) is 5.71. The Morgan fingerprint density at radius 1 is 1.36 bits per heavy atom. The third kappa shape index (κ3) is 4.35. The zero-order valence-corrected chi connectivity index (χ0v) is 18.8. The number of piperidine rings is 1. The molecule has 2 N–H and O–H groups in total. The average Bonchev–Trinajstić information content (AvgIpc) is 3.44. The highest BCUT2D eigenvalue weighted by atomic mass is 35.5. The number of nitrogens with one attached hydrogen (secondary N) is 2. The van der Waals surface area contributed by atoms with Gasteiger partial charge in [-0.15, -0.1) is 0 Å². The van der Waals surface area contributed by atoms with Crippen LogP contribution in [0.15, 0.2) is 36.9 Å². The number of nitrogens with zero attached hydrogens (tertiary/aromatic N) is 5. The monoisotopic (exact) mass is 463 g/mol. The van der Waals surface area contributed by atoms with Gasteiger partial charge in [0, 0.05) is 25.1 Å². The Morgan fingerprint density at radius 2 is 2.21 bits per heavy atom. The Hall–Kier alpha value is -3.61. The van der Waals surface area contributed by atoms with Gasteiger partial charge in [0.1, 0.15) is 11.3 Å². The number of methoxy groups -OCH3 is 1. The van der Waals surface area contributed by atoms with Gasteiger partial charge in [-0.05, 0) is 56.1 Å². The minimum atomic E-state index is -0.331. The van der Waals surface area contributed by atoms with E-state index in [4.69, 9.17) is 21.4 Å². The normalized spacial score (nSPS) is 14.2. The van der Waals surface area contributed by atoms with Gasteiger partial charge in [-0.25, -0.2) is 9.50 Å². The fourth-order valence-corrected chi connectivity index (χ4v) is 4.22. The number of anilines is 1. The van der Waals surface area contributed by atoms with Crippen LogP contribution in [0.25, 0.3) is 16.9 Å². The highest BCUT2D eigenvalue weighted by Gasteiger charge is 2.22. The standard InChI is InChI=1S/C23H22ClN7O2/c1-33-20-4-3-16(24)11-17(20)21-19(14-30(29-21)13-15-5-8-25-9-6-15)28-23(32)18-12-27-31-10-2-7-26-22(18)31/h2,7,10-12,14-15,25H,5-6,8-9,13H2,1H3,(H,28,32). The number of ether oxygens (including phenoxy) is 1. The van der Waals surface area contributed by atoms with Crippen LogP contribution in [0.5, 0.6) is 5.75 Å². The summed E-state index contributed by atoms with van der Waals surface area (Å²) in [7, 11) is 1.55. The van der Waals surface area contributed by atoms with E-state index in [1.807, 2.05) is 10.9 Å². The molecule has 168 valence electrons. The molecular weight excluding hydrogens is 442 g/mol. The Kier molecular flexibility index (Phi) is 5.86. The maximum absolute atomic E-state index is 13.2. The van der Waals surface area contributed by atoms with Crippen LogP contribution in [0, 0.1) is 18.1 Å². The molecule has 0 atom stereocenters. The van der Waals surface area contributed by atoms with E-state index >= 15 is 0 Å².